The molecule has 2 fully saturated rings. The Morgan fingerprint density at radius 2 is 1.97 bits per heavy atom. The van der Waals surface area contributed by atoms with Crippen molar-refractivity contribution in [2.45, 2.75) is 107 Å². The summed E-state index contributed by atoms with van der Waals surface area (Å²) < 4.78 is 8.13. The van der Waals surface area contributed by atoms with Crippen LogP contribution in [0.5, 0.6) is 0 Å². The van der Waals surface area contributed by atoms with Crippen LogP contribution in [0.25, 0.3) is 11.3 Å². The highest BCUT2D eigenvalue weighted by molar-refractivity contribution is 7.99. The van der Waals surface area contributed by atoms with Crippen molar-refractivity contribution in [1.29, 1.82) is 0 Å². The van der Waals surface area contributed by atoms with E-state index in [1.54, 1.807) is 11.8 Å². The second-order valence-electron chi connectivity index (χ2n) is 10.9. The molecule has 0 amide bonds. The van der Waals surface area contributed by atoms with Crippen molar-refractivity contribution >= 4 is 11.8 Å². The van der Waals surface area contributed by atoms with Crippen LogP contribution in [0.3, 0.4) is 0 Å². The van der Waals surface area contributed by atoms with Gasteiger partial charge in [-0.3, -0.25) is 9.36 Å². The molecule has 0 unspecified atom stereocenters. The first-order valence-corrected chi connectivity index (χ1v) is 13.9. The van der Waals surface area contributed by atoms with Crippen LogP contribution >= 0.6 is 11.8 Å². The Bertz CT molecular complexity index is 1070. The number of nitrogens with zero attached hydrogens (tertiary/aromatic N) is 2. The van der Waals surface area contributed by atoms with Crippen molar-refractivity contribution < 1.29 is 4.74 Å². The fourth-order valence-electron chi connectivity index (χ4n) is 6.35. The van der Waals surface area contributed by atoms with E-state index in [1.807, 2.05) is 0 Å². The van der Waals surface area contributed by atoms with Gasteiger partial charge >= 0.3 is 0 Å². The minimum atomic E-state index is -0.210. The highest BCUT2D eigenvalue weighted by atomic mass is 32.2. The number of aromatic nitrogens is 2. The average Bonchev–Trinajstić information content (AvgIpc) is 2.79. The SMILES string of the molecule is CCCCSc1nc2c(c(=O)n1[C@@H]1CCOC(C)(C)C1)C1(CCCCC1)Cc1ccccc1-2. The predicted molar refractivity (Wildman–Crippen MR) is 136 cm³/mol. The van der Waals surface area contributed by atoms with Crippen molar-refractivity contribution in [2.24, 2.45) is 0 Å². The molecule has 0 N–H and O–H groups in total. The number of unbranched alkanes of at least 4 members (excludes halogenated alkanes) is 1. The molecule has 5 rings (SSSR count). The van der Waals surface area contributed by atoms with Gasteiger partial charge in [0.05, 0.1) is 16.9 Å². The highest BCUT2D eigenvalue weighted by Crippen LogP contribution is 2.49. The molecule has 1 aromatic heterocycles. The quantitative estimate of drug-likeness (QED) is 0.280. The lowest BCUT2D eigenvalue weighted by atomic mass is 9.62. The second kappa shape index (κ2) is 9.22. The monoisotopic (exact) mass is 466 g/mol. The summed E-state index contributed by atoms with van der Waals surface area (Å²) >= 11 is 1.77. The summed E-state index contributed by atoms with van der Waals surface area (Å²) in [6.07, 6.45) is 10.9. The Hall–Kier alpha value is -1.59. The van der Waals surface area contributed by atoms with E-state index in [4.69, 9.17) is 9.72 Å². The summed E-state index contributed by atoms with van der Waals surface area (Å²) in [5.41, 5.74) is 4.51. The Morgan fingerprint density at radius 3 is 2.73 bits per heavy atom. The van der Waals surface area contributed by atoms with Crippen LogP contribution in [-0.2, 0) is 16.6 Å². The van der Waals surface area contributed by atoms with Gasteiger partial charge < -0.3 is 4.74 Å². The predicted octanol–water partition coefficient (Wildman–Crippen LogP) is 6.69. The maximum Gasteiger partial charge on any atom is 0.258 e. The van der Waals surface area contributed by atoms with E-state index >= 15 is 0 Å². The Kier molecular flexibility index (Phi) is 6.47. The zero-order chi connectivity index (χ0) is 23.1. The fourth-order valence-corrected chi connectivity index (χ4v) is 7.49. The molecule has 1 aliphatic heterocycles. The van der Waals surface area contributed by atoms with Gasteiger partial charge in [0, 0.05) is 29.4 Å². The number of rotatable bonds is 5. The lowest BCUT2D eigenvalue weighted by Crippen LogP contribution is -2.45. The van der Waals surface area contributed by atoms with Crippen LogP contribution in [0.1, 0.15) is 95.7 Å². The number of thioether (sulfide) groups is 1. The first kappa shape index (κ1) is 23.2. The number of benzene rings is 1. The zero-order valence-corrected chi connectivity index (χ0v) is 21.3. The topological polar surface area (TPSA) is 44.1 Å². The first-order chi connectivity index (χ1) is 15.9. The summed E-state index contributed by atoms with van der Waals surface area (Å²) in [5.74, 6) is 1.00. The molecule has 178 valence electrons. The molecule has 0 bridgehead atoms. The first-order valence-electron chi connectivity index (χ1n) is 13.0. The number of fused-ring (bicyclic) bond motifs is 4. The lowest BCUT2D eigenvalue weighted by molar-refractivity contribution is -0.0710. The molecule has 1 saturated carbocycles. The van der Waals surface area contributed by atoms with Crippen molar-refractivity contribution in [3.8, 4) is 11.3 Å². The van der Waals surface area contributed by atoms with Gasteiger partial charge in [0.2, 0.25) is 0 Å². The van der Waals surface area contributed by atoms with Crippen LogP contribution < -0.4 is 5.56 Å². The largest absolute Gasteiger partial charge is 0.375 e. The summed E-state index contributed by atoms with van der Waals surface area (Å²) in [6, 6.07) is 8.83. The summed E-state index contributed by atoms with van der Waals surface area (Å²) in [4.78, 5) is 19.9. The molecule has 2 aliphatic carbocycles. The lowest BCUT2D eigenvalue weighted by Gasteiger charge is -2.43. The Labute approximate surface area is 202 Å². The molecule has 2 aromatic rings. The zero-order valence-electron chi connectivity index (χ0n) is 20.5. The van der Waals surface area contributed by atoms with Crippen molar-refractivity contribution in [2.75, 3.05) is 12.4 Å². The Morgan fingerprint density at radius 1 is 1.18 bits per heavy atom. The van der Waals surface area contributed by atoms with E-state index in [9.17, 15) is 4.79 Å². The van der Waals surface area contributed by atoms with E-state index in [0.717, 1.165) is 67.1 Å². The smallest absolute Gasteiger partial charge is 0.258 e. The molecule has 3 aliphatic rings. The summed E-state index contributed by atoms with van der Waals surface area (Å²) in [6.45, 7) is 7.23. The number of hydrogen-bond acceptors (Lipinski definition) is 4. The van der Waals surface area contributed by atoms with E-state index in [-0.39, 0.29) is 22.6 Å². The third-order valence-electron chi connectivity index (χ3n) is 7.99. The third-order valence-corrected chi connectivity index (χ3v) is 9.03. The highest BCUT2D eigenvalue weighted by Gasteiger charge is 2.44. The molecule has 5 heteroatoms. The molecule has 0 radical (unpaired) electrons. The van der Waals surface area contributed by atoms with E-state index < -0.39 is 0 Å². The molecule has 4 nitrogen and oxygen atoms in total. The second-order valence-corrected chi connectivity index (χ2v) is 12.0. The summed E-state index contributed by atoms with van der Waals surface area (Å²) in [7, 11) is 0. The standard InChI is InChI=1S/C28H38N2O2S/c1-4-5-17-33-26-29-24-22-12-8-7-11-20(22)18-28(14-9-6-10-15-28)23(24)25(31)30(26)21-13-16-32-27(2,3)19-21/h7-8,11-12,21H,4-6,9-10,13-19H2,1-3H3/t21-/m1/s1. The van der Waals surface area contributed by atoms with Gasteiger partial charge in [-0.2, -0.15) is 0 Å². The maximum absolute atomic E-state index is 14.5. The number of hydrogen-bond donors (Lipinski definition) is 0. The molecule has 2 heterocycles. The molecule has 1 saturated heterocycles. The van der Waals surface area contributed by atoms with Gasteiger partial charge in [0.25, 0.3) is 5.56 Å². The average molecular weight is 467 g/mol. The van der Waals surface area contributed by atoms with E-state index in [1.165, 1.54) is 30.4 Å². The van der Waals surface area contributed by atoms with Crippen LogP contribution in [-0.4, -0.2) is 27.5 Å². The van der Waals surface area contributed by atoms with Crippen LogP contribution in [0.2, 0.25) is 0 Å². The van der Waals surface area contributed by atoms with Gasteiger partial charge in [-0.1, -0.05) is 68.6 Å². The van der Waals surface area contributed by atoms with Gasteiger partial charge in [0.1, 0.15) is 0 Å². The fraction of sp³-hybridized carbons (Fsp3) is 0.643. The molecule has 1 atom stereocenters. The van der Waals surface area contributed by atoms with Gasteiger partial charge in [-0.05, 0) is 57.9 Å². The van der Waals surface area contributed by atoms with Crippen LogP contribution in [0.4, 0.5) is 0 Å². The Balaban J connectivity index is 1.72. The summed E-state index contributed by atoms with van der Waals surface area (Å²) in [5, 5.41) is 0.914. The molecule has 1 spiro atoms. The number of ether oxygens (including phenoxy) is 1. The minimum absolute atomic E-state index is 0.0545. The van der Waals surface area contributed by atoms with Crippen LogP contribution in [0.15, 0.2) is 34.2 Å². The van der Waals surface area contributed by atoms with Crippen LogP contribution in [0, 0.1) is 0 Å². The van der Waals surface area contributed by atoms with Crippen molar-refractivity contribution in [3.63, 3.8) is 0 Å². The van der Waals surface area contributed by atoms with E-state index in [2.05, 4.69) is 49.6 Å². The van der Waals surface area contributed by atoms with Gasteiger partial charge in [0.15, 0.2) is 5.16 Å². The maximum atomic E-state index is 14.5. The normalized spacial score (nSPS) is 23.2. The van der Waals surface area contributed by atoms with Crippen molar-refractivity contribution in [1.82, 2.24) is 9.55 Å². The van der Waals surface area contributed by atoms with E-state index in [0.29, 0.717) is 6.61 Å². The van der Waals surface area contributed by atoms with Crippen molar-refractivity contribution in [3.05, 3.63) is 45.7 Å². The molecular formula is C28H38N2O2S. The third kappa shape index (κ3) is 4.32. The minimum Gasteiger partial charge on any atom is -0.375 e. The molecule has 1 aromatic carbocycles. The molecular weight excluding hydrogens is 428 g/mol. The molecule has 33 heavy (non-hydrogen) atoms. The van der Waals surface area contributed by atoms with Gasteiger partial charge in [-0.25, -0.2) is 4.98 Å². The van der Waals surface area contributed by atoms with Gasteiger partial charge in [-0.15, -0.1) is 0 Å².